The monoisotopic (exact) mass is 329 g/mol. The molecule has 0 aliphatic carbocycles. The van der Waals surface area contributed by atoms with Crippen LogP contribution in [0.1, 0.15) is 12.5 Å². The zero-order chi connectivity index (χ0) is 17.8. The predicted molar refractivity (Wildman–Crippen MR) is 93.8 cm³/mol. The first-order valence-electron chi connectivity index (χ1n) is 7.52. The van der Waals surface area contributed by atoms with Crippen LogP contribution in [-0.4, -0.2) is 24.6 Å². The first-order chi connectivity index (χ1) is 11.6. The molecule has 0 unspecified atom stereocenters. The summed E-state index contributed by atoms with van der Waals surface area (Å²) in [7, 11) is 0. The summed E-state index contributed by atoms with van der Waals surface area (Å²) in [5.41, 5.74) is 3.73. The number of hydrogen-bond donors (Lipinski definition) is 3. The van der Waals surface area contributed by atoms with Gasteiger partial charge in [-0.1, -0.05) is 61.2 Å². The number of nitrogens with two attached hydrogens (primary N) is 1. The van der Waals surface area contributed by atoms with E-state index in [-0.39, 0.29) is 6.61 Å². The Morgan fingerprint density at radius 2 is 2.04 bits per heavy atom. The third-order valence-electron chi connectivity index (χ3n) is 3.12. The number of amides is 2. The number of alkyl carbamates (subject to hydrolysis) is 1. The van der Waals surface area contributed by atoms with Crippen LogP contribution in [0.25, 0.3) is 0 Å². The second kappa shape index (κ2) is 10.8. The second-order valence-corrected chi connectivity index (χ2v) is 4.95. The number of carbonyl (C=O) groups excluding carboxylic acids is 2. The van der Waals surface area contributed by atoms with E-state index in [2.05, 4.69) is 17.3 Å². The summed E-state index contributed by atoms with van der Waals surface area (Å²) in [6.45, 7) is 5.54. The minimum absolute atomic E-state index is 0.0739. The Bertz CT molecular complexity index is 609. The van der Waals surface area contributed by atoms with Crippen molar-refractivity contribution in [1.82, 2.24) is 10.7 Å². The van der Waals surface area contributed by atoms with E-state index in [1.54, 1.807) is 12.2 Å². The van der Waals surface area contributed by atoms with Crippen molar-refractivity contribution in [2.45, 2.75) is 19.4 Å². The van der Waals surface area contributed by atoms with Crippen LogP contribution in [0.2, 0.25) is 0 Å². The minimum atomic E-state index is -0.821. The van der Waals surface area contributed by atoms with Crippen LogP contribution in [0.5, 0.6) is 0 Å². The molecule has 6 nitrogen and oxygen atoms in total. The van der Waals surface area contributed by atoms with E-state index in [4.69, 9.17) is 10.6 Å². The Morgan fingerprint density at radius 1 is 1.33 bits per heavy atom. The lowest BCUT2D eigenvalue weighted by molar-refractivity contribution is -0.123. The van der Waals surface area contributed by atoms with E-state index >= 15 is 0 Å². The normalized spacial score (nSPS) is 12.5. The highest BCUT2D eigenvalue weighted by Gasteiger charge is 2.21. The minimum Gasteiger partial charge on any atom is -0.445 e. The van der Waals surface area contributed by atoms with E-state index in [9.17, 15) is 9.59 Å². The molecule has 1 rings (SSSR count). The molecule has 0 saturated heterocycles. The molecule has 1 aromatic rings. The van der Waals surface area contributed by atoms with Crippen molar-refractivity contribution < 1.29 is 14.3 Å². The zero-order valence-corrected chi connectivity index (χ0v) is 13.7. The molecule has 0 radical (unpaired) electrons. The summed E-state index contributed by atoms with van der Waals surface area (Å²) < 4.78 is 5.13. The molecule has 0 aromatic heterocycles. The molecule has 0 fully saturated rings. The van der Waals surface area contributed by atoms with Crippen molar-refractivity contribution in [3.63, 3.8) is 0 Å². The number of benzene rings is 1. The number of allylic oxidation sites excluding steroid dienone is 3. The maximum Gasteiger partial charge on any atom is 0.408 e. The average molecular weight is 329 g/mol. The first-order valence-corrected chi connectivity index (χ1v) is 7.52. The molecule has 0 saturated carbocycles. The van der Waals surface area contributed by atoms with Crippen LogP contribution in [0, 0.1) is 0 Å². The van der Waals surface area contributed by atoms with Crippen molar-refractivity contribution in [2.75, 3.05) is 6.61 Å². The third-order valence-corrected chi connectivity index (χ3v) is 3.12. The van der Waals surface area contributed by atoms with Gasteiger partial charge in [0.15, 0.2) is 0 Å². The van der Waals surface area contributed by atoms with Gasteiger partial charge >= 0.3 is 6.09 Å². The molecule has 2 amide bonds. The summed E-state index contributed by atoms with van der Waals surface area (Å²) in [6, 6.07) is 8.49. The van der Waals surface area contributed by atoms with Gasteiger partial charge < -0.3 is 10.1 Å². The van der Waals surface area contributed by atoms with E-state index in [0.717, 1.165) is 11.1 Å². The lowest BCUT2D eigenvalue weighted by Crippen LogP contribution is -2.50. The number of rotatable bonds is 8. The smallest absolute Gasteiger partial charge is 0.408 e. The van der Waals surface area contributed by atoms with Crippen molar-refractivity contribution in [2.24, 2.45) is 5.84 Å². The van der Waals surface area contributed by atoms with E-state index in [1.807, 2.05) is 49.4 Å². The molecule has 6 heteroatoms. The van der Waals surface area contributed by atoms with Crippen LogP contribution in [0.4, 0.5) is 4.79 Å². The topological polar surface area (TPSA) is 93.4 Å². The van der Waals surface area contributed by atoms with Crippen LogP contribution in [0.3, 0.4) is 0 Å². The number of hydrogen-bond acceptors (Lipinski definition) is 4. The maximum atomic E-state index is 11.9. The fourth-order valence-electron chi connectivity index (χ4n) is 2.01. The second-order valence-electron chi connectivity index (χ2n) is 4.95. The number of ether oxygens (including phenoxy) is 1. The van der Waals surface area contributed by atoms with Crippen LogP contribution >= 0.6 is 0 Å². The van der Waals surface area contributed by atoms with Crippen LogP contribution in [-0.2, 0) is 16.0 Å². The van der Waals surface area contributed by atoms with E-state index < -0.39 is 18.0 Å². The quantitative estimate of drug-likeness (QED) is 0.294. The van der Waals surface area contributed by atoms with Gasteiger partial charge in [0, 0.05) is 6.42 Å². The van der Waals surface area contributed by atoms with E-state index in [1.165, 1.54) is 0 Å². The molecule has 1 aromatic carbocycles. The summed E-state index contributed by atoms with van der Waals surface area (Å²) in [5.74, 6) is 4.69. The van der Waals surface area contributed by atoms with Crippen molar-refractivity contribution in [3.05, 3.63) is 72.4 Å². The van der Waals surface area contributed by atoms with Crippen molar-refractivity contribution >= 4 is 12.0 Å². The van der Waals surface area contributed by atoms with E-state index in [0.29, 0.717) is 6.42 Å². The molecule has 1 atom stereocenters. The van der Waals surface area contributed by atoms with Gasteiger partial charge in [-0.05, 0) is 18.1 Å². The van der Waals surface area contributed by atoms with Crippen LogP contribution in [0.15, 0.2) is 66.8 Å². The van der Waals surface area contributed by atoms with Gasteiger partial charge in [0.2, 0.25) is 0 Å². The summed E-state index contributed by atoms with van der Waals surface area (Å²) >= 11 is 0. The summed E-state index contributed by atoms with van der Waals surface area (Å²) in [4.78, 5) is 23.8. The molecular weight excluding hydrogens is 306 g/mol. The van der Waals surface area contributed by atoms with Crippen molar-refractivity contribution in [1.29, 1.82) is 0 Å². The average Bonchev–Trinajstić information content (AvgIpc) is 2.59. The Hall–Kier alpha value is -2.86. The fraction of sp³-hybridized carbons (Fsp3) is 0.222. The molecule has 4 N–H and O–H groups in total. The SMILES string of the molecule is C=C/C=C(\C=C/C)COC(=O)N[C@@H](Cc1ccccc1)C(=O)NN. The Balaban J connectivity index is 2.65. The van der Waals surface area contributed by atoms with Gasteiger partial charge in [-0.15, -0.1) is 0 Å². The molecule has 24 heavy (non-hydrogen) atoms. The highest BCUT2D eigenvalue weighted by molar-refractivity contribution is 5.85. The molecule has 128 valence electrons. The first kappa shape index (κ1) is 19.2. The molecule has 0 bridgehead atoms. The fourth-order valence-corrected chi connectivity index (χ4v) is 2.01. The summed E-state index contributed by atoms with van der Waals surface area (Å²) in [5, 5.41) is 2.53. The predicted octanol–water partition coefficient (Wildman–Crippen LogP) is 2.00. The number of hydrazine groups is 1. The highest BCUT2D eigenvalue weighted by atomic mass is 16.5. The van der Waals surface area contributed by atoms with Crippen molar-refractivity contribution in [3.8, 4) is 0 Å². The molecule has 0 heterocycles. The lowest BCUT2D eigenvalue weighted by atomic mass is 10.1. The molecule has 0 aliphatic rings. The van der Waals surface area contributed by atoms with Gasteiger partial charge in [0.05, 0.1) is 0 Å². The zero-order valence-electron chi connectivity index (χ0n) is 13.7. The Labute approximate surface area is 142 Å². The number of nitrogens with one attached hydrogen (secondary N) is 2. The largest absolute Gasteiger partial charge is 0.445 e. The lowest BCUT2D eigenvalue weighted by Gasteiger charge is -2.17. The standard InChI is InChI=1S/C18H23N3O3/c1-3-8-15(9-4-2)13-24-18(23)20-16(17(22)21-19)12-14-10-6-5-7-11-14/h3-11,16H,1,12-13,19H2,2H3,(H,20,23)(H,21,22)/b9-4-,15-8+/t16-/m0/s1. The maximum absolute atomic E-state index is 11.9. The number of carbonyl (C=O) groups is 2. The van der Waals surface area contributed by atoms with Gasteiger partial charge in [0.1, 0.15) is 12.6 Å². The Kier molecular flexibility index (Phi) is 8.63. The molecule has 0 aliphatic heterocycles. The summed E-state index contributed by atoms with van der Waals surface area (Å²) in [6.07, 6.45) is 6.60. The third kappa shape index (κ3) is 6.93. The van der Waals surface area contributed by atoms with Gasteiger partial charge in [-0.2, -0.15) is 0 Å². The highest BCUT2D eigenvalue weighted by Crippen LogP contribution is 2.04. The van der Waals surface area contributed by atoms with Gasteiger partial charge in [-0.3, -0.25) is 10.2 Å². The Morgan fingerprint density at radius 3 is 2.62 bits per heavy atom. The van der Waals surface area contributed by atoms with Crippen LogP contribution < -0.4 is 16.6 Å². The van der Waals surface area contributed by atoms with Gasteiger partial charge in [0.25, 0.3) is 5.91 Å². The molecule has 0 spiro atoms. The van der Waals surface area contributed by atoms with Gasteiger partial charge in [-0.25, -0.2) is 10.6 Å². The molecular formula is C18H23N3O3.